The monoisotopic (exact) mass is 239 g/mol. The lowest BCUT2D eigenvalue weighted by atomic mass is 10.1. The first-order valence-electron chi connectivity index (χ1n) is 4.22. The van der Waals surface area contributed by atoms with E-state index in [1.807, 2.05) is 18.2 Å². The summed E-state index contributed by atoms with van der Waals surface area (Å²) in [5.41, 5.74) is 6.86. The Morgan fingerprint density at radius 1 is 1.00 bits per heavy atom. The number of hydrogen-bond donors (Lipinski definition) is 1. The SMILES string of the molecule is Nc1nnc(-c2ccccc2Cl)cc1Cl. The highest BCUT2D eigenvalue weighted by molar-refractivity contribution is 6.34. The molecule has 5 heteroatoms. The molecule has 0 saturated carbocycles. The predicted octanol–water partition coefficient (Wildman–Crippen LogP) is 3.03. The normalized spacial score (nSPS) is 10.3. The first-order valence-corrected chi connectivity index (χ1v) is 4.97. The topological polar surface area (TPSA) is 51.8 Å². The molecule has 1 aromatic carbocycles. The number of halogens is 2. The van der Waals surface area contributed by atoms with Crippen molar-refractivity contribution < 1.29 is 0 Å². The molecule has 0 aliphatic heterocycles. The lowest BCUT2D eigenvalue weighted by molar-refractivity contribution is 1.05. The number of nitrogens with zero attached hydrogens (tertiary/aromatic N) is 2. The van der Waals surface area contributed by atoms with E-state index in [2.05, 4.69) is 10.2 Å². The van der Waals surface area contributed by atoms with Crippen molar-refractivity contribution >= 4 is 29.0 Å². The molecule has 0 saturated heterocycles. The van der Waals surface area contributed by atoms with Crippen LogP contribution < -0.4 is 5.73 Å². The molecule has 0 amide bonds. The molecule has 0 bridgehead atoms. The minimum Gasteiger partial charge on any atom is -0.381 e. The first-order chi connectivity index (χ1) is 7.18. The van der Waals surface area contributed by atoms with Gasteiger partial charge in [0.25, 0.3) is 0 Å². The molecule has 2 aromatic rings. The highest BCUT2D eigenvalue weighted by atomic mass is 35.5. The number of anilines is 1. The molecular weight excluding hydrogens is 233 g/mol. The van der Waals surface area contributed by atoms with Crippen LogP contribution in [0.3, 0.4) is 0 Å². The molecule has 0 aliphatic rings. The van der Waals surface area contributed by atoms with E-state index in [1.54, 1.807) is 12.1 Å². The Hall–Kier alpha value is -1.32. The average Bonchev–Trinajstić information content (AvgIpc) is 2.23. The Balaban J connectivity index is 2.55. The lowest BCUT2D eigenvalue weighted by Crippen LogP contribution is -1.95. The predicted molar refractivity (Wildman–Crippen MR) is 61.9 cm³/mol. The molecule has 0 radical (unpaired) electrons. The number of hydrogen-bond acceptors (Lipinski definition) is 3. The van der Waals surface area contributed by atoms with Crippen molar-refractivity contribution in [3.63, 3.8) is 0 Å². The van der Waals surface area contributed by atoms with Gasteiger partial charge < -0.3 is 5.73 Å². The fourth-order valence-corrected chi connectivity index (χ4v) is 1.55. The molecule has 0 spiro atoms. The summed E-state index contributed by atoms with van der Waals surface area (Å²) < 4.78 is 0. The summed E-state index contributed by atoms with van der Waals surface area (Å²) in [4.78, 5) is 0. The Labute approximate surface area is 96.8 Å². The van der Waals surface area contributed by atoms with Gasteiger partial charge in [0.05, 0.1) is 15.7 Å². The molecule has 0 unspecified atom stereocenters. The first kappa shape index (κ1) is 10.2. The van der Waals surface area contributed by atoms with Crippen molar-refractivity contribution in [3.05, 3.63) is 40.4 Å². The minimum atomic E-state index is 0.215. The second kappa shape index (κ2) is 4.04. The fourth-order valence-electron chi connectivity index (χ4n) is 1.18. The molecule has 0 aliphatic carbocycles. The van der Waals surface area contributed by atoms with E-state index >= 15 is 0 Å². The van der Waals surface area contributed by atoms with Gasteiger partial charge >= 0.3 is 0 Å². The summed E-state index contributed by atoms with van der Waals surface area (Å²) in [6.07, 6.45) is 0. The molecule has 15 heavy (non-hydrogen) atoms. The van der Waals surface area contributed by atoms with Gasteiger partial charge in [0.2, 0.25) is 0 Å². The van der Waals surface area contributed by atoms with Gasteiger partial charge in [0.15, 0.2) is 5.82 Å². The van der Waals surface area contributed by atoms with E-state index in [-0.39, 0.29) is 5.82 Å². The summed E-state index contributed by atoms with van der Waals surface area (Å²) in [5, 5.41) is 8.64. The van der Waals surface area contributed by atoms with Gasteiger partial charge in [-0.1, -0.05) is 41.4 Å². The van der Waals surface area contributed by atoms with Gasteiger partial charge in [-0.15, -0.1) is 10.2 Å². The van der Waals surface area contributed by atoms with Crippen LogP contribution in [0.4, 0.5) is 5.82 Å². The van der Waals surface area contributed by atoms with E-state index in [9.17, 15) is 0 Å². The number of rotatable bonds is 1. The van der Waals surface area contributed by atoms with Crippen LogP contribution in [0.15, 0.2) is 30.3 Å². The van der Waals surface area contributed by atoms with Crippen LogP contribution >= 0.6 is 23.2 Å². The Kier molecular flexibility index (Phi) is 2.75. The zero-order valence-corrected chi connectivity index (χ0v) is 9.13. The van der Waals surface area contributed by atoms with Gasteiger partial charge in [0, 0.05) is 5.56 Å². The van der Waals surface area contributed by atoms with Gasteiger partial charge in [0.1, 0.15) is 0 Å². The Bertz CT molecular complexity index is 500. The maximum atomic E-state index is 6.01. The standard InChI is InChI=1S/C10H7Cl2N3/c11-7-4-2-1-3-6(7)9-5-8(12)10(13)15-14-9/h1-5H,(H2,13,15). The van der Waals surface area contributed by atoms with E-state index in [0.717, 1.165) is 5.56 Å². The largest absolute Gasteiger partial charge is 0.381 e. The fraction of sp³-hybridized carbons (Fsp3) is 0. The van der Waals surface area contributed by atoms with E-state index in [0.29, 0.717) is 15.7 Å². The van der Waals surface area contributed by atoms with E-state index in [4.69, 9.17) is 28.9 Å². The molecular formula is C10H7Cl2N3. The summed E-state index contributed by atoms with van der Waals surface area (Å²) in [7, 11) is 0. The number of nitrogens with two attached hydrogens (primary N) is 1. The van der Waals surface area contributed by atoms with Crippen molar-refractivity contribution in [1.29, 1.82) is 0 Å². The maximum absolute atomic E-state index is 6.01. The molecule has 2 rings (SSSR count). The summed E-state index contributed by atoms with van der Waals surface area (Å²) in [6, 6.07) is 8.98. The van der Waals surface area contributed by atoms with Crippen LogP contribution in [0.2, 0.25) is 10.0 Å². The lowest BCUT2D eigenvalue weighted by Gasteiger charge is -2.03. The van der Waals surface area contributed by atoms with Gasteiger partial charge in [-0.25, -0.2) is 0 Å². The summed E-state index contributed by atoms with van der Waals surface area (Å²) in [5.74, 6) is 0.215. The molecule has 76 valence electrons. The summed E-state index contributed by atoms with van der Waals surface area (Å²) in [6.45, 7) is 0. The molecule has 0 atom stereocenters. The highest BCUT2D eigenvalue weighted by Crippen LogP contribution is 2.28. The second-order valence-electron chi connectivity index (χ2n) is 2.94. The molecule has 1 aromatic heterocycles. The van der Waals surface area contributed by atoms with Crippen molar-refractivity contribution in [1.82, 2.24) is 10.2 Å². The molecule has 3 nitrogen and oxygen atoms in total. The molecule has 1 heterocycles. The highest BCUT2D eigenvalue weighted by Gasteiger charge is 2.07. The second-order valence-corrected chi connectivity index (χ2v) is 3.76. The molecule has 0 fully saturated rings. The maximum Gasteiger partial charge on any atom is 0.164 e. The van der Waals surface area contributed by atoms with Crippen molar-refractivity contribution in [2.75, 3.05) is 5.73 Å². The van der Waals surface area contributed by atoms with Crippen LogP contribution in [0.1, 0.15) is 0 Å². The van der Waals surface area contributed by atoms with Crippen LogP contribution in [-0.2, 0) is 0 Å². The van der Waals surface area contributed by atoms with Crippen LogP contribution in [0.5, 0.6) is 0 Å². The quantitative estimate of drug-likeness (QED) is 0.833. The van der Waals surface area contributed by atoms with Gasteiger partial charge in [-0.05, 0) is 12.1 Å². The van der Waals surface area contributed by atoms with Crippen molar-refractivity contribution in [2.24, 2.45) is 0 Å². The smallest absolute Gasteiger partial charge is 0.164 e. The van der Waals surface area contributed by atoms with Gasteiger partial charge in [-0.3, -0.25) is 0 Å². The minimum absolute atomic E-state index is 0.215. The molecule has 2 N–H and O–H groups in total. The van der Waals surface area contributed by atoms with Crippen molar-refractivity contribution in [3.8, 4) is 11.3 Å². The zero-order valence-electron chi connectivity index (χ0n) is 7.61. The number of benzene rings is 1. The Morgan fingerprint density at radius 2 is 1.73 bits per heavy atom. The van der Waals surface area contributed by atoms with E-state index < -0.39 is 0 Å². The van der Waals surface area contributed by atoms with Gasteiger partial charge in [-0.2, -0.15) is 0 Å². The Morgan fingerprint density at radius 3 is 2.40 bits per heavy atom. The average molecular weight is 240 g/mol. The number of nitrogen functional groups attached to an aromatic ring is 1. The third-order valence-electron chi connectivity index (χ3n) is 1.92. The third-order valence-corrected chi connectivity index (χ3v) is 2.56. The summed E-state index contributed by atoms with van der Waals surface area (Å²) >= 11 is 11.9. The van der Waals surface area contributed by atoms with Crippen LogP contribution in [-0.4, -0.2) is 10.2 Å². The van der Waals surface area contributed by atoms with Crippen molar-refractivity contribution in [2.45, 2.75) is 0 Å². The third kappa shape index (κ3) is 2.03. The van der Waals surface area contributed by atoms with Crippen LogP contribution in [0.25, 0.3) is 11.3 Å². The zero-order chi connectivity index (χ0) is 10.8. The van der Waals surface area contributed by atoms with Crippen LogP contribution in [0, 0.1) is 0 Å². The number of aromatic nitrogens is 2. The van der Waals surface area contributed by atoms with E-state index in [1.165, 1.54) is 0 Å².